The highest BCUT2D eigenvalue weighted by atomic mass is 35.5. The molecule has 1 heterocycles. The standard InChI is InChI=1S/C21H25ClN2OS/c1-15-4-8-19(9-5-15)26-17(3)21(25)24-12-10-23(11-13-24)20-14-18(22)7-6-16(20)2/h4-9,14,17H,10-13H2,1-3H3/t17-/m0/s1. The molecule has 2 aromatic rings. The van der Waals surface area contributed by atoms with Crippen LogP contribution < -0.4 is 4.90 Å². The lowest BCUT2D eigenvalue weighted by Crippen LogP contribution is -2.50. The molecule has 1 fully saturated rings. The fourth-order valence-electron chi connectivity index (χ4n) is 3.22. The summed E-state index contributed by atoms with van der Waals surface area (Å²) in [6.07, 6.45) is 0. The van der Waals surface area contributed by atoms with Crippen molar-refractivity contribution in [1.82, 2.24) is 4.90 Å². The Bertz CT molecular complexity index is 770. The molecule has 1 aliphatic rings. The molecule has 3 rings (SSSR count). The van der Waals surface area contributed by atoms with Crippen LogP contribution >= 0.6 is 23.4 Å². The van der Waals surface area contributed by atoms with Gasteiger partial charge in [-0.25, -0.2) is 0 Å². The normalized spacial score (nSPS) is 15.8. The van der Waals surface area contributed by atoms with E-state index in [-0.39, 0.29) is 11.2 Å². The van der Waals surface area contributed by atoms with E-state index < -0.39 is 0 Å². The van der Waals surface area contributed by atoms with E-state index in [1.165, 1.54) is 16.8 Å². The molecule has 1 saturated heterocycles. The molecule has 0 aromatic heterocycles. The SMILES string of the molecule is Cc1ccc(S[C@@H](C)C(=O)N2CCN(c3cc(Cl)ccc3C)CC2)cc1. The van der Waals surface area contributed by atoms with Gasteiger partial charge in [0, 0.05) is 41.8 Å². The molecule has 0 spiro atoms. The van der Waals surface area contributed by atoms with Gasteiger partial charge in [-0.05, 0) is 50.6 Å². The Morgan fingerprint density at radius 2 is 1.69 bits per heavy atom. The van der Waals surface area contributed by atoms with E-state index >= 15 is 0 Å². The summed E-state index contributed by atoms with van der Waals surface area (Å²) in [7, 11) is 0. The highest BCUT2D eigenvalue weighted by Gasteiger charge is 2.26. The van der Waals surface area contributed by atoms with Gasteiger partial charge in [0.25, 0.3) is 0 Å². The number of nitrogens with zero attached hydrogens (tertiary/aromatic N) is 2. The first-order chi connectivity index (χ1) is 12.4. The minimum absolute atomic E-state index is 0.0721. The number of anilines is 1. The van der Waals surface area contributed by atoms with Crippen molar-refractivity contribution in [2.24, 2.45) is 0 Å². The molecule has 0 saturated carbocycles. The second-order valence-corrected chi connectivity index (χ2v) is 8.67. The quantitative estimate of drug-likeness (QED) is 0.704. The third-order valence-electron chi connectivity index (χ3n) is 4.78. The number of hydrogen-bond acceptors (Lipinski definition) is 3. The van der Waals surface area contributed by atoms with Gasteiger partial charge in [0.15, 0.2) is 0 Å². The van der Waals surface area contributed by atoms with Crippen LogP contribution in [0.4, 0.5) is 5.69 Å². The van der Waals surface area contributed by atoms with Crippen LogP contribution in [0.1, 0.15) is 18.1 Å². The summed E-state index contributed by atoms with van der Waals surface area (Å²) in [4.78, 5) is 18.3. The average molecular weight is 389 g/mol. The molecule has 0 N–H and O–H groups in total. The summed E-state index contributed by atoms with van der Waals surface area (Å²) in [6.45, 7) is 9.37. The fraction of sp³-hybridized carbons (Fsp3) is 0.381. The first-order valence-corrected chi connectivity index (χ1v) is 10.2. The van der Waals surface area contributed by atoms with E-state index in [4.69, 9.17) is 11.6 Å². The Hall–Kier alpha value is -1.65. The maximum absolute atomic E-state index is 12.8. The summed E-state index contributed by atoms with van der Waals surface area (Å²) in [6, 6.07) is 14.3. The summed E-state index contributed by atoms with van der Waals surface area (Å²) < 4.78 is 0. The lowest BCUT2D eigenvalue weighted by atomic mass is 10.1. The van der Waals surface area contributed by atoms with Crippen LogP contribution in [0.5, 0.6) is 0 Å². The predicted octanol–water partition coefficient (Wildman–Crippen LogP) is 4.79. The highest BCUT2D eigenvalue weighted by molar-refractivity contribution is 8.00. The number of aryl methyl sites for hydroxylation is 2. The second-order valence-electron chi connectivity index (χ2n) is 6.82. The van der Waals surface area contributed by atoms with Crippen LogP contribution in [-0.4, -0.2) is 42.2 Å². The third kappa shape index (κ3) is 4.54. The molecule has 0 bridgehead atoms. The molecular weight excluding hydrogens is 364 g/mol. The maximum Gasteiger partial charge on any atom is 0.235 e. The van der Waals surface area contributed by atoms with Crippen molar-refractivity contribution >= 4 is 35.0 Å². The van der Waals surface area contributed by atoms with Gasteiger partial charge in [-0.15, -0.1) is 11.8 Å². The van der Waals surface area contributed by atoms with Crippen molar-refractivity contribution in [3.05, 3.63) is 58.6 Å². The summed E-state index contributed by atoms with van der Waals surface area (Å²) in [5.74, 6) is 0.220. The van der Waals surface area contributed by atoms with Crippen molar-refractivity contribution in [2.45, 2.75) is 30.9 Å². The molecule has 0 radical (unpaired) electrons. The molecule has 26 heavy (non-hydrogen) atoms. The number of benzene rings is 2. The average Bonchev–Trinajstić information content (AvgIpc) is 2.65. The minimum atomic E-state index is -0.0721. The molecule has 138 valence electrons. The number of rotatable bonds is 4. The lowest BCUT2D eigenvalue weighted by molar-refractivity contribution is -0.130. The monoisotopic (exact) mass is 388 g/mol. The Kier molecular flexibility index (Phi) is 6.15. The Morgan fingerprint density at radius 3 is 2.35 bits per heavy atom. The molecule has 1 aliphatic heterocycles. The van der Waals surface area contributed by atoms with Gasteiger partial charge in [-0.2, -0.15) is 0 Å². The van der Waals surface area contributed by atoms with Crippen LogP contribution in [-0.2, 0) is 4.79 Å². The van der Waals surface area contributed by atoms with Crippen LogP contribution in [0, 0.1) is 13.8 Å². The Labute approximate surface area is 165 Å². The molecular formula is C21H25ClN2OS. The minimum Gasteiger partial charge on any atom is -0.368 e. The zero-order chi connectivity index (χ0) is 18.7. The number of amides is 1. The predicted molar refractivity (Wildman–Crippen MR) is 111 cm³/mol. The van der Waals surface area contributed by atoms with Gasteiger partial charge in [0.05, 0.1) is 5.25 Å². The maximum atomic E-state index is 12.8. The summed E-state index contributed by atoms with van der Waals surface area (Å²) in [5.41, 5.74) is 3.63. The number of carbonyl (C=O) groups excluding carboxylic acids is 1. The van der Waals surface area contributed by atoms with E-state index in [0.717, 1.165) is 36.1 Å². The van der Waals surface area contributed by atoms with Crippen molar-refractivity contribution < 1.29 is 4.79 Å². The van der Waals surface area contributed by atoms with E-state index in [1.807, 2.05) is 24.0 Å². The van der Waals surface area contributed by atoms with E-state index in [9.17, 15) is 4.79 Å². The van der Waals surface area contributed by atoms with Gasteiger partial charge in [0.1, 0.15) is 0 Å². The molecule has 1 amide bonds. The number of carbonyl (C=O) groups is 1. The number of thioether (sulfide) groups is 1. The van der Waals surface area contributed by atoms with Crippen LogP contribution in [0.3, 0.4) is 0 Å². The molecule has 2 aromatic carbocycles. The topological polar surface area (TPSA) is 23.6 Å². The van der Waals surface area contributed by atoms with E-state index in [2.05, 4.69) is 49.1 Å². The van der Waals surface area contributed by atoms with E-state index in [0.29, 0.717) is 0 Å². The highest BCUT2D eigenvalue weighted by Crippen LogP contribution is 2.27. The van der Waals surface area contributed by atoms with Crippen molar-refractivity contribution in [2.75, 3.05) is 31.1 Å². The van der Waals surface area contributed by atoms with Gasteiger partial charge in [-0.3, -0.25) is 4.79 Å². The van der Waals surface area contributed by atoms with Gasteiger partial charge in [0.2, 0.25) is 5.91 Å². The second kappa shape index (κ2) is 8.36. The van der Waals surface area contributed by atoms with Gasteiger partial charge in [-0.1, -0.05) is 35.4 Å². The van der Waals surface area contributed by atoms with Crippen molar-refractivity contribution in [3.63, 3.8) is 0 Å². The van der Waals surface area contributed by atoms with Gasteiger partial charge >= 0.3 is 0 Å². The van der Waals surface area contributed by atoms with E-state index in [1.54, 1.807) is 11.8 Å². The molecule has 3 nitrogen and oxygen atoms in total. The largest absolute Gasteiger partial charge is 0.368 e. The first kappa shape index (κ1) is 19.1. The third-order valence-corrected chi connectivity index (χ3v) is 6.12. The van der Waals surface area contributed by atoms with Crippen LogP contribution in [0.25, 0.3) is 0 Å². The molecule has 0 aliphatic carbocycles. The fourth-order valence-corrected chi connectivity index (χ4v) is 4.34. The Balaban J connectivity index is 1.57. The number of halogens is 1. The zero-order valence-electron chi connectivity index (χ0n) is 15.5. The van der Waals surface area contributed by atoms with Crippen LogP contribution in [0.2, 0.25) is 5.02 Å². The summed E-state index contributed by atoms with van der Waals surface area (Å²) in [5, 5.41) is 0.685. The molecule has 5 heteroatoms. The summed E-state index contributed by atoms with van der Waals surface area (Å²) >= 11 is 7.78. The van der Waals surface area contributed by atoms with Crippen molar-refractivity contribution in [3.8, 4) is 0 Å². The molecule has 0 unspecified atom stereocenters. The number of piperazine rings is 1. The first-order valence-electron chi connectivity index (χ1n) is 8.97. The molecule has 1 atom stereocenters. The lowest BCUT2D eigenvalue weighted by Gasteiger charge is -2.37. The smallest absolute Gasteiger partial charge is 0.235 e. The Morgan fingerprint density at radius 1 is 1.04 bits per heavy atom. The number of hydrogen-bond donors (Lipinski definition) is 0. The zero-order valence-corrected chi connectivity index (χ0v) is 17.1. The van der Waals surface area contributed by atoms with Crippen molar-refractivity contribution in [1.29, 1.82) is 0 Å². The van der Waals surface area contributed by atoms with Crippen LogP contribution in [0.15, 0.2) is 47.4 Å². The van der Waals surface area contributed by atoms with Gasteiger partial charge < -0.3 is 9.80 Å².